The summed E-state index contributed by atoms with van der Waals surface area (Å²) in [6.07, 6.45) is 0.835. The second kappa shape index (κ2) is 10.6. The van der Waals surface area contributed by atoms with Crippen LogP contribution in [-0.4, -0.2) is 26.1 Å². The molecule has 6 heteroatoms. The second-order valence-corrected chi connectivity index (χ2v) is 6.15. The Labute approximate surface area is 158 Å². The van der Waals surface area contributed by atoms with Crippen molar-refractivity contribution in [1.82, 2.24) is 10.6 Å². The van der Waals surface area contributed by atoms with Crippen molar-refractivity contribution in [1.29, 1.82) is 0 Å². The summed E-state index contributed by atoms with van der Waals surface area (Å²) in [6.45, 7) is 3.81. The van der Waals surface area contributed by atoms with E-state index in [1.54, 1.807) is 18.4 Å². The van der Waals surface area contributed by atoms with E-state index in [9.17, 15) is 4.39 Å². The van der Waals surface area contributed by atoms with Crippen LogP contribution < -0.4 is 10.6 Å². The van der Waals surface area contributed by atoms with Crippen molar-refractivity contribution in [2.45, 2.75) is 19.3 Å². The average molecular weight is 447 g/mol. The van der Waals surface area contributed by atoms with Crippen LogP contribution >= 0.6 is 35.3 Å². The van der Waals surface area contributed by atoms with Gasteiger partial charge in [-0.25, -0.2) is 4.39 Å². The number of rotatable bonds is 6. The molecule has 0 aliphatic heterocycles. The Bertz CT molecular complexity index is 584. The molecule has 3 nitrogen and oxygen atoms in total. The fraction of sp³-hybridized carbons (Fsp3) is 0.353. The van der Waals surface area contributed by atoms with E-state index in [1.165, 1.54) is 17.0 Å². The first kappa shape index (κ1) is 19.9. The highest BCUT2D eigenvalue weighted by atomic mass is 127. The lowest BCUT2D eigenvalue weighted by molar-refractivity contribution is 0.626. The predicted molar refractivity (Wildman–Crippen MR) is 108 cm³/mol. The molecular formula is C17H23FIN3S. The van der Waals surface area contributed by atoms with Gasteiger partial charge in [-0.1, -0.05) is 25.1 Å². The fourth-order valence-electron chi connectivity index (χ4n) is 2.12. The van der Waals surface area contributed by atoms with Gasteiger partial charge in [-0.15, -0.1) is 35.3 Å². The van der Waals surface area contributed by atoms with Crippen LogP contribution in [0.5, 0.6) is 0 Å². The molecule has 0 amide bonds. The third-order valence-electron chi connectivity index (χ3n) is 3.45. The normalized spacial score (nSPS) is 12.4. The largest absolute Gasteiger partial charge is 0.356 e. The summed E-state index contributed by atoms with van der Waals surface area (Å²) in [6, 6.07) is 10.8. The van der Waals surface area contributed by atoms with Gasteiger partial charge in [0.25, 0.3) is 0 Å². The molecule has 1 aromatic carbocycles. The lowest BCUT2D eigenvalue weighted by atomic mass is 10.1. The van der Waals surface area contributed by atoms with Crippen molar-refractivity contribution in [3.8, 4) is 0 Å². The Morgan fingerprint density at radius 2 is 1.96 bits per heavy atom. The maximum absolute atomic E-state index is 12.8. The van der Waals surface area contributed by atoms with Crippen molar-refractivity contribution < 1.29 is 4.39 Å². The average Bonchev–Trinajstić information content (AvgIpc) is 3.06. The minimum Gasteiger partial charge on any atom is -0.356 e. The first-order valence-electron chi connectivity index (χ1n) is 7.41. The van der Waals surface area contributed by atoms with Crippen LogP contribution in [0.2, 0.25) is 0 Å². The van der Waals surface area contributed by atoms with E-state index in [0.29, 0.717) is 5.92 Å². The molecule has 23 heavy (non-hydrogen) atoms. The molecule has 2 aromatic rings. The molecule has 0 radical (unpaired) electrons. The van der Waals surface area contributed by atoms with Crippen molar-refractivity contribution in [2.24, 2.45) is 4.99 Å². The third kappa shape index (κ3) is 6.87. The molecule has 0 fully saturated rings. The van der Waals surface area contributed by atoms with Crippen LogP contribution in [0.25, 0.3) is 0 Å². The lowest BCUT2D eigenvalue weighted by Crippen LogP contribution is -2.39. The summed E-state index contributed by atoms with van der Waals surface area (Å²) in [5, 5.41) is 8.72. The SMILES string of the molecule is CN=C(NCCc1ccc(F)cc1)NCC(C)c1cccs1.I. The summed E-state index contributed by atoms with van der Waals surface area (Å²) in [5.41, 5.74) is 1.11. The number of benzene rings is 1. The van der Waals surface area contributed by atoms with Crippen molar-refractivity contribution in [3.63, 3.8) is 0 Å². The van der Waals surface area contributed by atoms with Crippen molar-refractivity contribution in [3.05, 3.63) is 58.0 Å². The highest BCUT2D eigenvalue weighted by Crippen LogP contribution is 2.19. The Kier molecular flexibility index (Phi) is 9.16. The van der Waals surface area contributed by atoms with E-state index in [-0.39, 0.29) is 29.8 Å². The Morgan fingerprint density at radius 1 is 1.22 bits per heavy atom. The van der Waals surface area contributed by atoms with Crippen LogP contribution in [0.4, 0.5) is 4.39 Å². The molecule has 2 N–H and O–H groups in total. The molecule has 0 bridgehead atoms. The van der Waals surface area contributed by atoms with Gasteiger partial charge in [0.15, 0.2) is 5.96 Å². The Morgan fingerprint density at radius 3 is 2.57 bits per heavy atom. The first-order valence-corrected chi connectivity index (χ1v) is 8.29. The maximum atomic E-state index is 12.8. The number of nitrogens with zero attached hydrogens (tertiary/aromatic N) is 1. The van der Waals surface area contributed by atoms with Crippen molar-refractivity contribution in [2.75, 3.05) is 20.1 Å². The van der Waals surface area contributed by atoms with Gasteiger partial charge in [0.05, 0.1) is 0 Å². The molecule has 1 unspecified atom stereocenters. The highest BCUT2D eigenvalue weighted by molar-refractivity contribution is 14.0. The van der Waals surface area contributed by atoms with Crippen LogP contribution in [0, 0.1) is 5.82 Å². The van der Waals surface area contributed by atoms with Gasteiger partial charge < -0.3 is 10.6 Å². The lowest BCUT2D eigenvalue weighted by Gasteiger charge is -2.15. The summed E-state index contributed by atoms with van der Waals surface area (Å²) in [7, 11) is 1.77. The highest BCUT2D eigenvalue weighted by Gasteiger charge is 2.07. The molecule has 0 saturated heterocycles. The molecule has 2 rings (SSSR count). The smallest absolute Gasteiger partial charge is 0.191 e. The van der Waals surface area contributed by atoms with E-state index >= 15 is 0 Å². The number of hydrogen-bond acceptors (Lipinski definition) is 2. The van der Waals surface area contributed by atoms with Crippen LogP contribution in [0.15, 0.2) is 46.8 Å². The summed E-state index contributed by atoms with van der Waals surface area (Å²) >= 11 is 1.78. The quantitative estimate of drug-likeness (QED) is 0.399. The zero-order chi connectivity index (χ0) is 15.8. The van der Waals surface area contributed by atoms with E-state index in [4.69, 9.17) is 0 Å². The number of aliphatic imine (C=N–C) groups is 1. The summed E-state index contributed by atoms with van der Waals surface area (Å²) in [4.78, 5) is 5.59. The standard InChI is InChI=1S/C17H22FN3S.HI/c1-13(16-4-3-11-22-16)12-21-17(19-2)20-10-9-14-5-7-15(18)8-6-14;/h3-8,11,13H,9-10,12H2,1-2H3,(H2,19,20,21);1H. The van der Waals surface area contributed by atoms with Gasteiger partial charge in [-0.05, 0) is 35.6 Å². The van der Waals surface area contributed by atoms with E-state index < -0.39 is 0 Å². The second-order valence-electron chi connectivity index (χ2n) is 5.17. The molecule has 0 aliphatic rings. The topological polar surface area (TPSA) is 36.4 Å². The molecule has 0 spiro atoms. The van der Waals surface area contributed by atoms with Gasteiger partial charge >= 0.3 is 0 Å². The van der Waals surface area contributed by atoms with Crippen LogP contribution in [0.1, 0.15) is 23.3 Å². The van der Waals surface area contributed by atoms with Crippen molar-refractivity contribution >= 4 is 41.3 Å². The maximum Gasteiger partial charge on any atom is 0.191 e. The number of nitrogens with one attached hydrogen (secondary N) is 2. The van der Waals surface area contributed by atoms with Gasteiger partial charge in [-0.3, -0.25) is 4.99 Å². The molecular weight excluding hydrogens is 424 g/mol. The Balaban J connectivity index is 0.00000264. The number of guanidine groups is 1. The molecule has 1 aromatic heterocycles. The number of hydrogen-bond donors (Lipinski definition) is 2. The monoisotopic (exact) mass is 447 g/mol. The van der Waals surface area contributed by atoms with Gasteiger partial charge in [-0.2, -0.15) is 0 Å². The van der Waals surface area contributed by atoms with Gasteiger partial charge in [0.1, 0.15) is 5.82 Å². The first-order chi connectivity index (χ1) is 10.7. The molecule has 0 saturated carbocycles. The zero-order valence-electron chi connectivity index (χ0n) is 13.4. The number of thiophene rings is 1. The molecule has 126 valence electrons. The summed E-state index contributed by atoms with van der Waals surface area (Å²) < 4.78 is 12.8. The van der Waals surface area contributed by atoms with E-state index in [2.05, 4.69) is 40.1 Å². The summed E-state index contributed by atoms with van der Waals surface area (Å²) in [5.74, 6) is 1.05. The fourth-order valence-corrected chi connectivity index (χ4v) is 2.91. The Hall–Kier alpha value is -1.15. The minimum absolute atomic E-state index is 0. The third-order valence-corrected chi connectivity index (χ3v) is 4.55. The minimum atomic E-state index is -0.197. The molecule has 1 atom stereocenters. The van der Waals surface area contributed by atoms with E-state index in [1.807, 2.05) is 12.1 Å². The predicted octanol–water partition coefficient (Wildman–Crippen LogP) is 4.02. The number of halogens is 2. The van der Waals surface area contributed by atoms with Crippen LogP contribution in [-0.2, 0) is 6.42 Å². The molecule has 0 aliphatic carbocycles. The van der Waals surface area contributed by atoms with E-state index in [0.717, 1.165) is 31.0 Å². The van der Waals surface area contributed by atoms with Gasteiger partial charge in [0, 0.05) is 30.9 Å². The van der Waals surface area contributed by atoms with Gasteiger partial charge in [0.2, 0.25) is 0 Å². The zero-order valence-corrected chi connectivity index (χ0v) is 16.5. The molecule has 1 heterocycles. The van der Waals surface area contributed by atoms with Crippen LogP contribution in [0.3, 0.4) is 0 Å².